The summed E-state index contributed by atoms with van der Waals surface area (Å²) in [6, 6.07) is 0.974. The summed E-state index contributed by atoms with van der Waals surface area (Å²) in [7, 11) is -9.22. The van der Waals surface area contributed by atoms with E-state index in [1.54, 1.807) is 0 Å². The van der Waals surface area contributed by atoms with E-state index in [2.05, 4.69) is 15.3 Å². The molecule has 1 saturated heterocycles. The van der Waals surface area contributed by atoms with Gasteiger partial charge in [0.1, 0.15) is 29.8 Å². The standard InChI is InChI=1S/C16H20ClF2N4O8PS/c17-15-21-12(20-7-3-16(18,19)4-7)8-1-2-23(13(8)22-15)14-11(25)10(24)9(31-14)5-33(29,30)6-32(26,27)28/h1-2,7,9-11,14,24-25H,3-6H2,(H,20,21,22)(H2,26,27,28)/t9-,10-,11-,14-/m1/s1. The number of rotatable bonds is 7. The van der Waals surface area contributed by atoms with Crippen molar-refractivity contribution in [1.82, 2.24) is 14.5 Å². The molecule has 3 heterocycles. The Morgan fingerprint density at radius 3 is 2.55 bits per heavy atom. The van der Waals surface area contributed by atoms with E-state index in [0.717, 1.165) is 0 Å². The van der Waals surface area contributed by atoms with Crippen molar-refractivity contribution in [2.75, 3.05) is 16.6 Å². The molecule has 0 aromatic carbocycles. The lowest BCUT2D eigenvalue weighted by Gasteiger charge is -2.35. The second-order valence-corrected chi connectivity index (χ2v) is 12.7. The lowest BCUT2D eigenvalue weighted by molar-refractivity contribution is -0.0793. The first-order chi connectivity index (χ1) is 15.1. The molecule has 1 aliphatic carbocycles. The second-order valence-electron chi connectivity index (χ2n) is 8.16. The maximum atomic E-state index is 13.2. The van der Waals surface area contributed by atoms with Crippen molar-refractivity contribution in [2.45, 2.75) is 49.3 Å². The third kappa shape index (κ3) is 5.30. The fourth-order valence-corrected chi connectivity index (χ4v) is 7.35. The normalized spacial score (nSPS) is 28.2. The summed E-state index contributed by atoms with van der Waals surface area (Å²) in [5.41, 5.74) is -1.31. The molecule has 12 nitrogen and oxygen atoms in total. The van der Waals surface area contributed by atoms with Crippen LogP contribution in [0, 0.1) is 0 Å². The van der Waals surface area contributed by atoms with Crippen molar-refractivity contribution < 1.29 is 46.5 Å². The smallest absolute Gasteiger partial charge is 0.340 e. The Kier molecular flexibility index (Phi) is 6.24. The molecule has 184 valence electrons. The van der Waals surface area contributed by atoms with Crippen LogP contribution in [0.2, 0.25) is 5.28 Å². The summed E-state index contributed by atoms with van der Waals surface area (Å²) in [6.45, 7) is 0. The van der Waals surface area contributed by atoms with Gasteiger partial charge in [-0.3, -0.25) is 4.57 Å². The molecule has 0 amide bonds. The van der Waals surface area contributed by atoms with Crippen molar-refractivity contribution in [1.29, 1.82) is 0 Å². The van der Waals surface area contributed by atoms with Crippen LogP contribution in [0.25, 0.3) is 11.0 Å². The van der Waals surface area contributed by atoms with E-state index < -0.39 is 65.2 Å². The molecule has 2 fully saturated rings. The van der Waals surface area contributed by atoms with Gasteiger partial charge in [0.25, 0.3) is 5.92 Å². The molecule has 1 saturated carbocycles. The highest BCUT2D eigenvalue weighted by molar-refractivity contribution is 7.97. The van der Waals surface area contributed by atoms with Crippen LogP contribution in [0.4, 0.5) is 14.6 Å². The van der Waals surface area contributed by atoms with E-state index >= 15 is 0 Å². The van der Waals surface area contributed by atoms with Gasteiger partial charge in [0, 0.05) is 25.1 Å². The van der Waals surface area contributed by atoms with Crippen molar-refractivity contribution >= 4 is 45.9 Å². The van der Waals surface area contributed by atoms with Crippen LogP contribution in [-0.2, 0) is 19.1 Å². The number of ether oxygens (including phenoxy) is 1. The first-order valence-electron chi connectivity index (χ1n) is 9.59. The Morgan fingerprint density at radius 1 is 1.27 bits per heavy atom. The maximum Gasteiger partial charge on any atom is 0.340 e. The molecular formula is C16H20ClF2N4O8PS. The van der Waals surface area contributed by atoms with Gasteiger partial charge in [-0.25, -0.2) is 22.2 Å². The number of nitrogens with one attached hydrogen (secondary N) is 1. The number of aliphatic hydroxyl groups excluding tert-OH is 2. The van der Waals surface area contributed by atoms with Crippen LogP contribution in [0.5, 0.6) is 0 Å². The lowest BCUT2D eigenvalue weighted by atomic mass is 9.88. The zero-order chi connectivity index (χ0) is 24.3. The Morgan fingerprint density at radius 2 is 1.94 bits per heavy atom. The summed E-state index contributed by atoms with van der Waals surface area (Å²) in [4.78, 5) is 25.9. The van der Waals surface area contributed by atoms with Gasteiger partial charge >= 0.3 is 7.60 Å². The molecule has 2 aliphatic rings. The summed E-state index contributed by atoms with van der Waals surface area (Å²) >= 11 is 5.97. The van der Waals surface area contributed by atoms with E-state index in [0.29, 0.717) is 5.39 Å². The van der Waals surface area contributed by atoms with E-state index in [4.69, 9.17) is 26.1 Å². The summed E-state index contributed by atoms with van der Waals surface area (Å²) < 4.78 is 68.3. The zero-order valence-corrected chi connectivity index (χ0v) is 19.1. The van der Waals surface area contributed by atoms with E-state index in [1.807, 2.05) is 0 Å². The number of alkyl halides is 2. The number of nitrogens with zero attached hydrogens (tertiary/aromatic N) is 3. The first-order valence-corrected chi connectivity index (χ1v) is 13.6. The van der Waals surface area contributed by atoms with Gasteiger partial charge in [-0.2, -0.15) is 4.98 Å². The number of aliphatic hydroxyl groups is 2. The Hall–Kier alpha value is -1.45. The monoisotopic (exact) mass is 532 g/mol. The first kappa shape index (κ1) is 24.7. The molecule has 4 atom stereocenters. The SMILES string of the molecule is O=P(O)(O)CS(=O)(=O)C[C@H]1O[C@@H](n2ccc3c(NC4CC(F)(F)C4)nc(Cl)nc32)[C@H](O)[C@@H]1O. The molecular weight excluding hydrogens is 513 g/mol. The van der Waals surface area contributed by atoms with Crippen LogP contribution in [0.15, 0.2) is 12.3 Å². The molecule has 17 heteroatoms. The van der Waals surface area contributed by atoms with Gasteiger partial charge in [0.05, 0.1) is 11.1 Å². The third-order valence-electron chi connectivity index (χ3n) is 5.37. The van der Waals surface area contributed by atoms with Crippen molar-refractivity contribution in [3.05, 3.63) is 17.5 Å². The van der Waals surface area contributed by atoms with Gasteiger partial charge in [-0.05, 0) is 17.7 Å². The van der Waals surface area contributed by atoms with Crippen molar-refractivity contribution in [3.63, 3.8) is 0 Å². The summed E-state index contributed by atoms with van der Waals surface area (Å²) in [5.74, 6) is -3.52. The van der Waals surface area contributed by atoms with Crippen LogP contribution in [0.3, 0.4) is 0 Å². The predicted octanol–water partition coefficient (Wildman–Crippen LogP) is 0.463. The molecule has 0 radical (unpaired) electrons. The minimum Gasteiger partial charge on any atom is -0.387 e. The van der Waals surface area contributed by atoms with Crippen LogP contribution in [-0.4, -0.2) is 84.5 Å². The quantitative estimate of drug-likeness (QED) is 0.246. The summed E-state index contributed by atoms with van der Waals surface area (Å²) in [5, 5.41) is 23.7. The number of anilines is 1. The molecule has 0 bridgehead atoms. The molecule has 0 spiro atoms. The van der Waals surface area contributed by atoms with Gasteiger partial charge < -0.3 is 34.6 Å². The number of halogens is 3. The highest BCUT2D eigenvalue weighted by atomic mass is 35.5. The van der Waals surface area contributed by atoms with Crippen LogP contribution < -0.4 is 5.32 Å². The lowest BCUT2D eigenvalue weighted by Crippen LogP contribution is -2.44. The van der Waals surface area contributed by atoms with Crippen molar-refractivity contribution in [3.8, 4) is 0 Å². The predicted molar refractivity (Wildman–Crippen MR) is 111 cm³/mol. The third-order valence-corrected chi connectivity index (χ3v) is 9.29. The number of aromatic nitrogens is 3. The molecule has 2 aromatic rings. The van der Waals surface area contributed by atoms with E-state index in [9.17, 15) is 32.0 Å². The average molecular weight is 533 g/mol. The largest absolute Gasteiger partial charge is 0.387 e. The second kappa shape index (κ2) is 8.34. The number of hydrogen-bond donors (Lipinski definition) is 5. The molecule has 0 unspecified atom stereocenters. The zero-order valence-electron chi connectivity index (χ0n) is 16.6. The molecule has 2 aromatic heterocycles. The Balaban J connectivity index is 1.58. The van der Waals surface area contributed by atoms with Gasteiger partial charge in [-0.1, -0.05) is 0 Å². The fraction of sp³-hybridized carbons (Fsp3) is 0.625. The number of hydrogen-bond acceptors (Lipinski definition) is 9. The topological polar surface area (TPSA) is 184 Å². The number of fused-ring (bicyclic) bond motifs is 1. The van der Waals surface area contributed by atoms with Crippen LogP contribution >= 0.6 is 19.2 Å². The minimum absolute atomic E-state index is 0.124. The van der Waals surface area contributed by atoms with Crippen molar-refractivity contribution in [2.24, 2.45) is 0 Å². The molecule has 5 N–H and O–H groups in total. The average Bonchev–Trinajstić information content (AvgIpc) is 3.14. The molecule has 1 aliphatic heterocycles. The maximum absolute atomic E-state index is 13.2. The fourth-order valence-electron chi connectivity index (χ4n) is 3.93. The number of sulfone groups is 1. The Bertz CT molecular complexity index is 1220. The Labute approximate surface area is 190 Å². The molecule has 4 rings (SSSR count). The van der Waals surface area contributed by atoms with E-state index in [-0.39, 0.29) is 29.6 Å². The van der Waals surface area contributed by atoms with Gasteiger partial charge in [-0.15, -0.1) is 0 Å². The molecule has 33 heavy (non-hydrogen) atoms. The summed E-state index contributed by atoms with van der Waals surface area (Å²) in [6.07, 6.45) is -5.46. The van der Waals surface area contributed by atoms with E-state index in [1.165, 1.54) is 16.8 Å². The van der Waals surface area contributed by atoms with Crippen LogP contribution in [0.1, 0.15) is 19.1 Å². The van der Waals surface area contributed by atoms with Gasteiger partial charge in [0.15, 0.2) is 21.6 Å². The highest BCUT2D eigenvalue weighted by Gasteiger charge is 2.47. The highest BCUT2D eigenvalue weighted by Crippen LogP contribution is 2.41. The van der Waals surface area contributed by atoms with Gasteiger partial charge in [0.2, 0.25) is 5.28 Å². The minimum atomic E-state index is -4.88.